The minimum atomic E-state index is -2.88. The average molecular weight is 514 g/mol. The molecule has 0 spiro atoms. The van der Waals surface area contributed by atoms with Gasteiger partial charge in [-0.25, -0.2) is 14.0 Å². The number of aromatic nitrogens is 4. The summed E-state index contributed by atoms with van der Waals surface area (Å²) in [5, 5.41) is 1.00. The van der Waals surface area contributed by atoms with Crippen molar-refractivity contribution in [2.75, 3.05) is 19.5 Å². The molecule has 5 aromatic rings. The normalized spacial score (nSPS) is 17.3. The molecule has 0 bridgehead atoms. The van der Waals surface area contributed by atoms with Crippen LogP contribution in [0.25, 0.3) is 33.2 Å². The molecule has 3 aromatic heterocycles. The number of benzene rings is 2. The van der Waals surface area contributed by atoms with Gasteiger partial charge in [0.25, 0.3) is 0 Å². The summed E-state index contributed by atoms with van der Waals surface area (Å²) in [6.07, 6.45) is 7.14. The maximum atomic E-state index is 12.8. The number of rotatable bonds is 5. The highest BCUT2D eigenvalue weighted by Gasteiger charge is 2.30. The smallest absolute Gasteiger partial charge is 0.0960 e. The number of hydrogen-bond donors (Lipinski definition) is 1. The highest BCUT2D eigenvalue weighted by atomic mass is 32.2. The van der Waals surface area contributed by atoms with Gasteiger partial charge < -0.3 is 13.9 Å². The number of fused-ring (bicyclic) bond motifs is 3. The lowest BCUT2D eigenvalue weighted by molar-refractivity contribution is 0.0553. The van der Waals surface area contributed by atoms with Gasteiger partial charge in [0.05, 0.1) is 50.0 Å². The summed E-state index contributed by atoms with van der Waals surface area (Å²) in [7, 11) is -0.882. The third-order valence-corrected chi connectivity index (χ3v) is 8.74. The first-order valence-electron chi connectivity index (χ1n) is 12.6. The van der Waals surface area contributed by atoms with Crippen LogP contribution in [0, 0.1) is 17.6 Å². The molecule has 4 heterocycles. The van der Waals surface area contributed by atoms with E-state index >= 15 is 0 Å². The Balaban J connectivity index is 1.71. The van der Waals surface area contributed by atoms with Crippen molar-refractivity contribution >= 4 is 31.7 Å². The molecular weight excluding hydrogens is 482 g/mol. The quantitative estimate of drug-likeness (QED) is 0.315. The van der Waals surface area contributed by atoms with E-state index in [2.05, 4.69) is 39.9 Å². The number of pyridine rings is 1. The fraction of sp³-hybridized carbons (Fsp3) is 0.310. The molecule has 0 aliphatic carbocycles. The Hall–Kier alpha value is -3.49. The van der Waals surface area contributed by atoms with Crippen LogP contribution in [0.4, 0.5) is 0 Å². The second-order valence-electron chi connectivity index (χ2n) is 10.1. The van der Waals surface area contributed by atoms with E-state index in [1.807, 2.05) is 55.3 Å². The van der Waals surface area contributed by atoms with Crippen LogP contribution < -0.4 is 0 Å². The lowest BCUT2D eigenvalue weighted by Crippen LogP contribution is -2.27. The lowest BCUT2D eigenvalue weighted by Gasteiger charge is -2.33. The zero-order valence-electron chi connectivity index (χ0n) is 21.3. The van der Waals surface area contributed by atoms with E-state index in [0.29, 0.717) is 10.8 Å². The first-order valence-corrected chi connectivity index (χ1v) is 14.6. The molecule has 0 saturated carbocycles. The van der Waals surface area contributed by atoms with Crippen LogP contribution in [0.3, 0.4) is 0 Å². The summed E-state index contributed by atoms with van der Waals surface area (Å²) in [5.74, 6) is 0.364. The van der Waals surface area contributed by atoms with Gasteiger partial charge in [-0.15, -0.1) is 0 Å². The molecule has 190 valence electrons. The van der Waals surface area contributed by atoms with E-state index in [1.165, 1.54) is 11.8 Å². The van der Waals surface area contributed by atoms with Crippen LogP contribution in [0.5, 0.6) is 0 Å². The topological polar surface area (TPSA) is 85.8 Å². The first-order chi connectivity index (χ1) is 17.8. The summed E-state index contributed by atoms with van der Waals surface area (Å²) in [5.41, 5.74) is 7.12. The minimum absolute atomic E-state index is 0.0451. The van der Waals surface area contributed by atoms with E-state index in [1.54, 1.807) is 0 Å². The van der Waals surface area contributed by atoms with Crippen LogP contribution in [0.2, 0.25) is 0 Å². The van der Waals surface area contributed by atoms with Crippen molar-refractivity contribution in [2.24, 2.45) is 13.0 Å². The molecule has 2 atom stereocenters. The van der Waals surface area contributed by atoms with Crippen LogP contribution in [-0.2, 0) is 21.5 Å². The summed E-state index contributed by atoms with van der Waals surface area (Å²) in [4.78, 5) is 10.0. The molecule has 1 fully saturated rings. The molecule has 2 aromatic carbocycles. The van der Waals surface area contributed by atoms with E-state index in [9.17, 15) is 4.21 Å². The molecule has 1 aliphatic heterocycles. The number of nitrogens with one attached hydrogen (secondary N) is 1. The van der Waals surface area contributed by atoms with Gasteiger partial charge in [-0.1, -0.05) is 30.3 Å². The SMILES string of the molecule is Cc1ncn(C)c1-c1cnc2c3ccc(S(C)(=N)=O)cc3n([C@H](c3ccccc3)C3CCOCC3)c2c1. The maximum absolute atomic E-state index is 12.8. The minimum Gasteiger partial charge on any atom is -0.381 e. The molecule has 8 heteroatoms. The van der Waals surface area contributed by atoms with Crippen molar-refractivity contribution in [2.45, 2.75) is 30.7 Å². The summed E-state index contributed by atoms with van der Waals surface area (Å²) in [6.45, 7) is 3.50. The van der Waals surface area contributed by atoms with Crippen LogP contribution in [-0.4, -0.2) is 42.8 Å². The number of aryl methyl sites for hydroxylation is 2. The molecule has 1 N–H and O–H groups in total. The monoisotopic (exact) mass is 513 g/mol. The van der Waals surface area contributed by atoms with Crippen molar-refractivity contribution in [3.8, 4) is 11.3 Å². The molecule has 37 heavy (non-hydrogen) atoms. The van der Waals surface area contributed by atoms with Gasteiger partial charge in [0.15, 0.2) is 0 Å². The molecule has 7 nitrogen and oxygen atoms in total. The van der Waals surface area contributed by atoms with E-state index in [4.69, 9.17) is 14.5 Å². The Labute approximate surface area is 217 Å². The number of nitrogens with zero attached hydrogens (tertiary/aromatic N) is 4. The second-order valence-corrected chi connectivity index (χ2v) is 12.2. The standard InChI is InChI=1S/C29H31N5O2S/c1-19-28(33(2)18-32-19)22-15-26-27(31-17-22)24-10-9-23(37(3,30)35)16-25(24)34(26)29(20-7-5-4-6-8-20)21-11-13-36-14-12-21/h4-10,15-18,21,29-30H,11-14H2,1-3H3/t29-,37?/m1/s1. The van der Waals surface area contributed by atoms with E-state index in [0.717, 1.165) is 64.9 Å². The van der Waals surface area contributed by atoms with Gasteiger partial charge in [-0.3, -0.25) is 4.98 Å². The highest BCUT2D eigenvalue weighted by molar-refractivity contribution is 7.91. The molecule has 1 unspecified atom stereocenters. The molecule has 0 radical (unpaired) electrons. The van der Waals surface area contributed by atoms with Gasteiger partial charge in [0.2, 0.25) is 0 Å². The Morgan fingerprint density at radius 2 is 1.81 bits per heavy atom. The molecule has 1 saturated heterocycles. The number of hydrogen-bond acceptors (Lipinski definition) is 5. The van der Waals surface area contributed by atoms with E-state index in [-0.39, 0.29) is 6.04 Å². The van der Waals surface area contributed by atoms with Crippen LogP contribution in [0.1, 0.15) is 30.1 Å². The van der Waals surface area contributed by atoms with Gasteiger partial charge in [0, 0.05) is 48.6 Å². The fourth-order valence-corrected chi connectivity index (χ4v) is 6.49. The van der Waals surface area contributed by atoms with Crippen molar-refractivity contribution < 1.29 is 8.95 Å². The predicted molar refractivity (Wildman–Crippen MR) is 147 cm³/mol. The zero-order chi connectivity index (χ0) is 25.7. The first kappa shape index (κ1) is 23.9. The highest BCUT2D eigenvalue weighted by Crippen LogP contribution is 2.41. The van der Waals surface area contributed by atoms with Crippen molar-refractivity contribution in [1.29, 1.82) is 4.78 Å². The molecular formula is C29H31N5O2S. The summed E-state index contributed by atoms with van der Waals surface area (Å²) < 4.78 is 31.2. The number of ether oxygens (including phenoxy) is 1. The van der Waals surface area contributed by atoms with Crippen LogP contribution >= 0.6 is 0 Å². The lowest BCUT2D eigenvalue weighted by atomic mass is 9.86. The molecule has 6 rings (SSSR count). The van der Waals surface area contributed by atoms with Crippen molar-refractivity contribution in [3.63, 3.8) is 0 Å². The zero-order valence-corrected chi connectivity index (χ0v) is 22.2. The van der Waals surface area contributed by atoms with E-state index < -0.39 is 9.73 Å². The predicted octanol–water partition coefficient (Wildman–Crippen LogP) is 5.95. The Morgan fingerprint density at radius 3 is 2.49 bits per heavy atom. The fourth-order valence-electron chi connectivity index (χ4n) is 5.83. The Bertz CT molecular complexity index is 1690. The molecule has 0 amide bonds. The van der Waals surface area contributed by atoms with Gasteiger partial charge >= 0.3 is 0 Å². The average Bonchev–Trinajstić information content (AvgIpc) is 3.40. The molecule has 1 aliphatic rings. The van der Waals surface area contributed by atoms with Crippen molar-refractivity contribution in [1.82, 2.24) is 19.1 Å². The second kappa shape index (κ2) is 9.11. The van der Waals surface area contributed by atoms with Crippen molar-refractivity contribution in [3.05, 3.63) is 78.4 Å². The third-order valence-electron chi connectivity index (χ3n) is 7.59. The Kier molecular flexibility index (Phi) is 5.88. The summed E-state index contributed by atoms with van der Waals surface area (Å²) >= 11 is 0. The summed E-state index contributed by atoms with van der Waals surface area (Å²) in [6, 6.07) is 18.6. The van der Waals surface area contributed by atoms with Gasteiger partial charge in [-0.2, -0.15) is 0 Å². The van der Waals surface area contributed by atoms with Gasteiger partial charge in [0.1, 0.15) is 0 Å². The Morgan fingerprint density at radius 1 is 1.05 bits per heavy atom. The van der Waals surface area contributed by atoms with Gasteiger partial charge in [-0.05, 0) is 55.5 Å². The maximum Gasteiger partial charge on any atom is 0.0960 e. The third kappa shape index (κ3) is 4.14. The van der Waals surface area contributed by atoms with Crippen LogP contribution in [0.15, 0.2) is 72.0 Å². The largest absolute Gasteiger partial charge is 0.381 e. The number of imidazole rings is 1.